The molecule has 1 aliphatic rings. The first-order chi connectivity index (χ1) is 11.1. The molecule has 0 spiro atoms. The number of rotatable bonds is 7. The molecule has 1 atom stereocenters. The number of benzene rings is 1. The summed E-state index contributed by atoms with van der Waals surface area (Å²) >= 11 is 0. The molecule has 7 nitrogen and oxygen atoms in total. The van der Waals surface area contributed by atoms with Crippen LogP contribution < -0.4 is 0 Å². The number of aliphatic carboxylic acids is 1. The van der Waals surface area contributed by atoms with Gasteiger partial charge in [-0.3, -0.25) is 9.59 Å². The van der Waals surface area contributed by atoms with E-state index in [2.05, 4.69) is 0 Å². The summed E-state index contributed by atoms with van der Waals surface area (Å²) in [4.78, 5) is 22.8. The maximum absolute atomic E-state index is 12.5. The lowest BCUT2D eigenvalue weighted by Crippen LogP contribution is -2.33. The summed E-state index contributed by atoms with van der Waals surface area (Å²) in [6.07, 6.45) is 1.36. The van der Waals surface area contributed by atoms with Crippen molar-refractivity contribution in [1.29, 1.82) is 0 Å². The molecule has 1 fully saturated rings. The normalized spacial score (nSPS) is 17.3. The second kappa shape index (κ2) is 6.52. The Hall–Kier alpha value is -1.93. The number of hydrogen-bond donors (Lipinski definition) is 1. The van der Waals surface area contributed by atoms with Gasteiger partial charge in [0, 0.05) is 13.6 Å². The van der Waals surface area contributed by atoms with E-state index in [1.165, 1.54) is 33.2 Å². The first-order valence-electron chi connectivity index (χ1n) is 7.53. The first kappa shape index (κ1) is 18.4. The number of carbonyl (C=O) groups is 2. The Morgan fingerprint density at radius 2 is 1.83 bits per heavy atom. The zero-order chi connectivity index (χ0) is 18.1. The number of esters is 1. The number of sulfonamides is 1. The minimum Gasteiger partial charge on any atom is -0.481 e. The molecule has 0 aromatic heterocycles. The summed E-state index contributed by atoms with van der Waals surface area (Å²) in [5, 5.41) is 8.91. The molecule has 132 valence electrons. The molecular formula is C16H21NO6S. The van der Waals surface area contributed by atoms with Crippen molar-refractivity contribution in [2.24, 2.45) is 5.92 Å². The van der Waals surface area contributed by atoms with Crippen molar-refractivity contribution >= 4 is 22.0 Å². The van der Waals surface area contributed by atoms with Gasteiger partial charge in [-0.2, -0.15) is 0 Å². The molecule has 1 unspecified atom stereocenters. The fraction of sp³-hybridized carbons (Fsp3) is 0.500. The monoisotopic (exact) mass is 355 g/mol. The molecule has 8 heteroatoms. The van der Waals surface area contributed by atoms with Gasteiger partial charge < -0.3 is 9.84 Å². The Bertz CT molecular complexity index is 736. The Morgan fingerprint density at radius 1 is 1.29 bits per heavy atom. The third-order valence-corrected chi connectivity index (χ3v) is 6.23. The lowest BCUT2D eigenvalue weighted by molar-refractivity contribution is -0.144. The van der Waals surface area contributed by atoms with Crippen molar-refractivity contribution in [2.75, 3.05) is 20.7 Å². The number of carboxylic acids is 1. The van der Waals surface area contributed by atoms with Gasteiger partial charge in [0.05, 0.1) is 23.3 Å². The molecule has 0 heterocycles. The van der Waals surface area contributed by atoms with Gasteiger partial charge in [-0.15, -0.1) is 0 Å². The van der Waals surface area contributed by atoms with E-state index in [-0.39, 0.29) is 17.4 Å². The average Bonchev–Trinajstić information content (AvgIpc) is 3.35. The minimum atomic E-state index is -3.78. The molecule has 1 saturated carbocycles. The van der Waals surface area contributed by atoms with E-state index >= 15 is 0 Å². The number of ether oxygens (including phenoxy) is 1. The molecule has 2 rings (SSSR count). The molecule has 0 aliphatic heterocycles. The van der Waals surface area contributed by atoms with Gasteiger partial charge in [0.1, 0.15) is 0 Å². The van der Waals surface area contributed by atoms with Gasteiger partial charge >= 0.3 is 11.9 Å². The molecule has 1 aliphatic carbocycles. The Labute approximate surface area is 141 Å². The van der Waals surface area contributed by atoms with E-state index in [1.807, 2.05) is 0 Å². The summed E-state index contributed by atoms with van der Waals surface area (Å²) in [7, 11) is -1.10. The van der Waals surface area contributed by atoms with Gasteiger partial charge in [0.2, 0.25) is 10.0 Å². The van der Waals surface area contributed by atoms with E-state index in [4.69, 9.17) is 9.84 Å². The van der Waals surface area contributed by atoms with E-state index in [9.17, 15) is 18.0 Å². The van der Waals surface area contributed by atoms with Gasteiger partial charge in [0.25, 0.3) is 0 Å². The lowest BCUT2D eigenvalue weighted by atomic mass is 9.96. The zero-order valence-corrected chi connectivity index (χ0v) is 14.7. The maximum atomic E-state index is 12.5. The van der Waals surface area contributed by atoms with E-state index in [0.29, 0.717) is 12.8 Å². The van der Waals surface area contributed by atoms with Crippen molar-refractivity contribution in [2.45, 2.75) is 30.1 Å². The summed E-state index contributed by atoms with van der Waals surface area (Å²) in [5.74, 6) is -2.18. The molecule has 1 aromatic carbocycles. The SMILES string of the molecule is COC(=O)C1(c2ccc(S(=O)(=O)N(C)CC(C)C(=O)O)cc2)CC1. The van der Waals surface area contributed by atoms with Crippen LogP contribution in [0.4, 0.5) is 0 Å². The number of hydrogen-bond acceptors (Lipinski definition) is 5. The van der Waals surface area contributed by atoms with Crippen LogP contribution in [0.25, 0.3) is 0 Å². The molecule has 24 heavy (non-hydrogen) atoms. The van der Waals surface area contributed by atoms with E-state index in [0.717, 1.165) is 9.87 Å². The Balaban J connectivity index is 2.21. The van der Waals surface area contributed by atoms with Crippen LogP contribution in [-0.2, 0) is 29.8 Å². The third kappa shape index (κ3) is 3.29. The predicted molar refractivity (Wildman–Crippen MR) is 86.0 cm³/mol. The molecule has 1 aromatic rings. The highest BCUT2D eigenvalue weighted by Gasteiger charge is 2.52. The number of nitrogens with zero attached hydrogens (tertiary/aromatic N) is 1. The van der Waals surface area contributed by atoms with Crippen LogP contribution in [0.1, 0.15) is 25.3 Å². The van der Waals surface area contributed by atoms with Gasteiger partial charge in [-0.1, -0.05) is 19.1 Å². The van der Waals surface area contributed by atoms with Gasteiger partial charge in [-0.05, 0) is 30.5 Å². The predicted octanol–water partition coefficient (Wildman–Crippen LogP) is 1.23. The van der Waals surface area contributed by atoms with Crippen LogP contribution in [0.5, 0.6) is 0 Å². The second-order valence-electron chi connectivity index (χ2n) is 6.12. The van der Waals surface area contributed by atoms with Crippen LogP contribution in [0.15, 0.2) is 29.2 Å². The number of carboxylic acid groups (broad SMARTS) is 1. The summed E-state index contributed by atoms with van der Waals surface area (Å²) in [5.41, 5.74) is 0.0793. The van der Waals surface area contributed by atoms with Crippen molar-refractivity contribution < 1.29 is 27.9 Å². The quantitative estimate of drug-likeness (QED) is 0.738. The lowest BCUT2D eigenvalue weighted by Gasteiger charge is -2.20. The number of methoxy groups -OCH3 is 1. The first-order valence-corrected chi connectivity index (χ1v) is 8.97. The third-order valence-electron chi connectivity index (χ3n) is 4.39. The van der Waals surface area contributed by atoms with E-state index in [1.54, 1.807) is 12.1 Å². The molecular weight excluding hydrogens is 334 g/mol. The summed E-state index contributed by atoms with van der Waals surface area (Å²) in [6, 6.07) is 6.11. The molecule has 0 saturated heterocycles. The van der Waals surface area contributed by atoms with Crippen molar-refractivity contribution in [3.05, 3.63) is 29.8 Å². The van der Waals surface area contributed by atoms with Crippen LogP contribution >= 0.6 is 0 Å². The average molecular weight is 355 g/mol. The molecule has 0 bridgehead atoms. The van der Waals surface area contributed by atoms with Crippen LogP contribution in [0.2, 0.25) is 0 Å². The largest absolute Gasteiger partial charge is 0.481 e. The smallest absolute Gasteiger partial charge is 0.316 e. The summed E-state index contributed by atoms with van der Waals surface area (Å²) in [6.45, 7) is 1.33. The highest BCUT2D eigenvalue weighted by Crippen LogP contribution is 2.49. The Morgan fingerprint density at radius 3 is 2.25 bits per heavy atom. The fourth-order valence-electron chi connectivity index (χ4n) is 2.62. The topological polar surface area (TPSA) is 101 Å². The molecule has 0 radical (unpaired) electrons. The number of carbonyl (C=O) groups excluding carboxylic acids is 1. The Kier molecular flexibility index (Phi) is 5.00. The van der Waals surface area contributed by atoms with Crippen molar-refractivity contribution in [1.82, 2.24) is 4.31 Å². The minimum absolute atomic E-state index is 0.0620. The van der Waals surface area contributed by atoms with E-state index < -0.39 is 27.3 Å². The summed E-state index contributed by atoms with van der Waals surface area (Å²) < 4.78 is 30.8. The van der Waals surface area contributed by atoms with Crippen molar-refractivity contribution in [3.8, 4) is 0 Å². The van der Waals surface area contributed by atoms with Crippen LogP contribution in [0.3, 0.4) is 0 Å². The van der Waals surface area contributed by atoms with Gasteiger partial charge in [0.15, 0.2) is 0 Å². The fourth-order valence-corrected chi connectivity index (χ4v) is 3.88. The highest BCUT2D eigenvalue weighted by molar-refractivity contribution is 7.89. The van der Waals surface area contributed by atoms with Crippen LogP contribution in [-0.4, -0.2) is 50.5 Å². The standard InChI is InChI=1S/C16H21NO6S/c1-11(14(18)19)10-17(2)24(21,22)13-6-4-12(5-7-13)16(8-9-16)15(20)23-3/h4-7,11H,8-10H2,1-3H3,(H,18,19). The maximum Gasteiger partial charge on any atom is 0.316 e. The second-order valence-corrected chi connectivity index (χ2v) is 8.17. The molecule has 0 amide bonds. The van der Waals surface area contributed by atoms with Gasteiger partial charge in [-0.25, -0.2) is 12.7 Å². The zero-order valence-electron chi connectivity index (χ0n) is 13.9. The van der Waals surface area contributed by atoms with Crippen molar-refractivity contribution in [3.63, 3.8) is 0 Å². The van der Waals surface area contributed by atoms with Crippen LogP contribution in [0, 0.1) is 5.92 Å². The molecule has 1 N–H and O–H groups in total. The highest BCUT2D eigenvalue weighted by atomic mass is 32.2.